The molecule has 1 unspecified atom stereocenters. The molecule has 5 nitrogen and oxygen atoms in total. The van der Waals surface area contributed by atoms with Crippen molar-refractivity contribution < 1.29 is 8.42 Å². The van der Waals surface area contributed by atoms with E-state index in [1.165, 1.54) is 0 Å². The van der Waals surface area contributed by atoms with Gasteiger partial charge >= 0.3 is 0 Å². The van der Waals surface area contributed by atoms with E-state index >= 15 is 0 Å². The fraction of sp³-hybridized carbons (Fsp3) is 0.600. The smallest absolute Gasteiger partial charge is 0.243 e. The third-order valence-electron chi connectivity index (χ3n) is 4.25. The van der Waals surface area contributed by atoms with Gasteiger partial charge in [0, 0.05) is 24.8 Å². The van der Waals surface area contributed by atoms with Crippen LogP contribution in [0.5, 0.6) is 0 Å². The summed E-state index contributed by atoms with van der Waals surface area (Å²) in [5.74, 6) is 0. The third kappa shape index (κ3) is 3.22. The summed E-state index contributed by atoms with van der Waals surface area (Å²) in [5, 5.41) is 0. The Kier molecular flexibility index (Phi) is 4.60. The molecule has 2 rings (SSSR count). The van der Waals surface area contributed by atoms with Crippen molar-refractivity contribution in [3.63, 3.8) is 0 Å². The molecule has 1 heterocycles. The van der Waals surface area contributed by atoms with Crippen molar-refractivity contribution >= 4 is 15.7 Å². The molecule has 0 aromatic heterocycles. The number of sulfonamides is 1. The second kappa shape index (κ2) is 5.94. The summed E-state index contributed by atoms with van der Waals surface area (Å²) in [6.45, 7) is 4.77. The zero-order valence-corrected chi connectivity index (χ0v) is 14.1. The van der Waals surface area contributed by atoms with E-state index in [1.807, 2.05) is 27.1 Å². The number of rotatable bonds is 3. The molecule has 1 atom stereocenters. The van der Waals surface area contributed by atoms with Crippen molar-refractivity contribution in [2.24, 2.45) is 0 Å². The number of nitrogens with two attached hydrogens (primary N) is 1. The Hall–Kier alpha value is -1.11. The maximum absolute atomic E-state index is 12.9. The first-order valence-electron chi connectivity index (χ1n) is 7.26. The first kappa shape index (κ1) is 16.3. The molecule has 1 aromatic carbocycles. The standard InChI is InChI=1S/C15H25N3O2S/c1-11-8-14(16)12(2)15(9-11)21(19,20)18-7-5-6-13(10-18)17(3)4/h8-9,13H,5-7,10,16H2,1-4H3. The molecule has 0 bridgehead atoms. The zero-order chi connectivity index (χ0) is 15.8. The topological polar surface area (TPSA) is 66.6 Å². The monoisotopic (exact) mass is 311 g/mol. The summed E-state index contributed by atoms with van der Waals surface area (Å²) in [5.41, 5.74) is 7.99. The summed E-state index contributed by atoms with van der Waals surface area (Å²) in [6.07, 6.45) is 1.93. The first-order valence-corrected chi connectivity index (χ1v) is 8.71. The summed E-state index contributed by atoms with van der Waals surface area (Å²) in [4.78, 5) is 2.44. The number of hydrogen-bond donors (Lipinski definition) is 1. The Bertz CT molecular complexity index is 626. The molecule has 1 aromatic rings. The maximum atomic E-state index is 12.9. The average molecular weight is 311 g/mol. The average Bonchev–Trinajstić information content (AvgIpc) is 2.42. The van der Waals surface area contributed by atoms with Crippen molar-refractivity contribution in [3.8, 4) is 0 Å². The lowest BCUT2D eigenvalue weighted by Crippen LogP contribution is -2.47. The van der Waals surface area contributed by atoms with Crippen LogP contribution in [-0.4, -0.2) is 50.8 Å². The van der Waals surface area contributed by atoms with E-state index in [1.54, 1.807) is 17.3 Å². The normalized spacial score (nSPS) is 20.9. The van der Waals surface area contributed by atoms with Gasteiger partial charge < -0.3 is 10.6 Å². The maximum Gasteiger partial charge on any atom is 0.243 e. The number of nitrogens with zero attached hydrogens (tertiary/aromatic N) is 2. The third-order valence-corrected chi connectivity index (χ3v) is 6.24. The van der Waals surface area contributed by atoms with Crippen LogP contribution in [0.25, 0.3) is 0 Å². The van der Waals surface area contributed by atoms with E-state index < -0.39 is 10.0 Å². The number of anilines is 1. The zero-order valence-electron chi connectivity index (χ0n) is 13.3. The van der Waals surface area contributed by atoms with Crippen molar-refractivity contribution in [3.05, 3.63) is 23.3 Å². The predicted octanol–water partition coefficient (Wildman–Crippen LogP) is 1.60. The molecule has 118 valence electrons. The van der Waals surface area contributed by atoms with Crippen molar-refractivity contribution in [1.29, 1.82) is 0 Å². The minimum atomic E-state index is -3.48. The molecule has 0 amide bonds. The molecular formula is C15H25N3O2S. The first-order chi connectivity index (χ1) is 9.73. The van der Waals surface area contributed by atoms with E-state index in [9.17, 15) is 8.42 Å². The van der Waals surface area contributed by atoms with Gasteiger partial charge in [0.25, 0.3) is 0 Å². The van der Waals surface area contributed by atoms with Gasteiger partial charge in [-0.15, -0.1) is 0 Å². The second-order valence-corrected chi connectivity index (χ2v) is 8.01. The Labute approximate surface area is 127 Å². The molecule has 1 aliphatic rings. The van der Waals surface area contributed by atoms with Crippen LogP contribution in [0.2, 0.25) is 0 Å². The SMILES string of the molecule is Cc1cc(N)c(C)c(S(=O)(=O)N2CCCC(N(C)C)C2)c1. The number of benzene rings is 1. The molecule has 21 heavy (non-hydrogen) atoms. The molecule has 0 radical (unpaired) electrons. The summed E-state index contributed by atoms with van der Waals surface area (Å²) in [7, 11) is 0.516. The fourth-order valence-electron chi connectivity index (χ4n) is 2.82. The predicted molar refractivity (Wildman–Crippen MR) is 85.8 cm³/mol. The van der Waals surface area contributed by atoms with Crippen LogP contribution in [0.1, 0.15) is 24.0 Å². The molecule has 0 saturated carbocycles. The molecule has 0 spiro atoms. The summed E-state index contributed by atoms with van der Waals surface area (Å²) in [6, 6.07) is 3.81. The van der Waals surface area contributed by atoms with Gasteiger partial charge in [0.2, 0.25) is 10.0 Å². The number of piperidine rings is 1. The number of hydrogen-bond acceptors (Lipinski definition) is 4. The Morgan fingerprint density at radius 2 is 1.95 bits per heavy atom. The lowest BCUT2D eigenvalue weighted by molar-refractivity contribution is 0.190. The van der Waals surface area contributed by atoms with Gasteiger partial charge in [-0.05, 0) is 64.0 Å². The van der Waals surface area contributed by atoms with Gasteiger partial charge in [-0.3, -0.25) is 0 Å². The van der Waals surface area contributed by atoms with Crippen LogP contribution in [0, 0.1) is 13.8 Å². The molecular weight excluding hydrogens is 286 g/mol. The van der Waals surface area contributed by atoms with E-state index in [0.717, 1.165) is 18.4 Å². The lowest BCUT2D eigenvalue weighted by Gasteiger charge is -2.35. The quantitative estimate of drug-likeness (QED) is 0.861. The highest BCUT2D eigenvalue weighted by Crippen LogP contribution is 2.28. The largest absolute Gasteiger partial charge is 0.398 e. The Morgan fingerprint density at radius 1 is 1.29 bits per heavy atom. The van der Waals surface area contributed by atoms with Crippen LogP contribution in [0.4, 0.5) is 5.69 Å². The molecule has 6 heteroatoms. The van der Waals surface area contributed by atoms with Crippen LogP contribution in [-0.2, 0) is 10.0 Å². The minimum Gasteiger partial charge on any atom is -0.398 e. The second-order valence-electron chi connectivity index (χ2n) is 6.10. The summed E-state index contributed by atoms with van der Waals surface area (Å²) >= 11 is 0. The van der Waals surface area contributed by atoms with Crippen molar-refractivity contribution in [2.45, 2.75) is 37.6 Å². The van der Waals surface area contributed by atoms with Crippen LogP contribution in [0.3, 0.4) is 0 Å². The van der Waals surface area contributed by atoms with Gasteiger partial charge in [-0.25, -0.2) is 8.42 Å². The van der Waals surface area contributed by atoms with Gasteiger partial charge in [0.1, 0.15) is 0 Å². The van der Waals surface area contributed by atoms with Crippen LogP contribution < -0.4 is 5.73 Å². The van der Waals surface area contributed by atoms with Gasteiger partial charge in [0.05, 0.1) is 4.90 Å². The van der Waals surface area contributed by atoms with Crippen molar-refractivity contribution in [2.75, 3.05) is 32.9 Å². The molecule has 2 N–H and O–H groups in total. The number of aryl methyl sites for hydroxylation is 1. The minimum absolute atomic E-state index is 0.274. The molecule has 1 saturated heterocycles. The Balaban J connectivity index is 2.38. The number of likely N-dealkylation sites (N-methyl/N-ethyl adjacent to an activating group) is 1. The molecule has 1 aliphatic heterocycles. The van der Waals surface area contributed by atoms with E-state index in [0.29, 0.717) is 29.2 Å². The van der Waals surface area contributed by atoms with Crippen LogP contribution in [0.15, 0.2) is 17.0 Å². The number of nitrogen functional groups attached to an aromatic ring is 1. The van der Waals surface area contributed by atoms with Crippen LogP contribution >= 0.6 is 0 Å². The van der Waals surface area contributed by atoms with Gasteiger partial charge in [-0.1, -0.05) is 0 Å². The molecule has 1 fully saturated rings. The highest BCUT2D eigenvalue weighted by atomic mass is 32.2. The van der Waals surface area contributed by atoms with Gasteiger partial charge in [0.15, 0.2) is 0 Å². The highest BCUT2D eigenvalue weighted by molar-refractivity contribution is 7.89. The Morgan fingerprint density at radius 3 is 2.57 bits per heavy atom. The molecule has 0 aliphatic carbocycles. The van der Waals surface area contributed by atoms with Gasteiger partial charge in [-0.2, -0.15) is 4.31 Å². The highest BCUT2D eigenvalue weighted by Gasteiger charge is 2.32. The van der Waals surface area contributed by atoms with E-state index in [4.69, 9.17) is 5.73 Å². The van der Waals surface area contributed by atoms with Crippen molar-refractivity contribution in [1.82, 2.24) is 9.21 Å². The van der Waals surface area contributed by atoms with E-state index in [2.05, 4.69) is 4.90 Å². The fourth-order valence-corrected chi connectivity index (χ4v) is 4.68. The summed E-state index contributed by atoms with van der Waals surface area (Å²) < 4.78 is 27.5. The lowest BCUT2D eigenvalue weighted by atomic mass is 10.1. The van der Waals surface area contributed by atoms with E-state index in [-0.39, 0.29) is 6.04 Å².